The van der Waals surface area contributed by atoms with E-state index < -0.39 is 5.92 Å². The molecule has 0 radical (unpaired) electrons. The highest BCUT2D eigenvalue weighted by Crippen LogP contribution is 2.22. The van der Waals surface area contributed by atoms with Gasteiger partial charge in [0, 0.05) is 26.1 Å². The fourth-order valence-electron chi connectivity index (χ4n) is 4.09. The van der Waals surface area contributed by atoms with E-state index in [0.717, 1.165) is 16.7 Å². The predicted molar refractivity (Wildman–Crippen MR) is 132 cm³/mol. The van der Waals surface area contributed by atoms with Crippen molar-refractivity contribution in [2.75, 3.05) is 18.4 Å². The summed E-state index contributed by atoms with van der Waals surface area (Å²) in [6.45, 7) is 3.16. The van der Waals surface area contributed by atoms with Gasteiger partial charge in [0.1, 0.15) is 5.82 Å². The fraction of sp³-hybridized carbons (Fsp3) is 0.250. The van der Waals surface area contributed by atoms with Crippen molar-refractivity contribution in [1.82, 2.24) is 10.2 Å². The maximum Gasteiger partial charge on any atom is 0.253 e. The molecule has 3 aromatic rings. The third kappa shape index (κ3) is 6.32. The van der Waals surface area contributed by atoms with E-state index in [1.165, 1.54) is 12.1 Å². The summed E-state index contributed by atoms with van der Waals surface area (Å²) in [7, 11) is 0. The Morgan fingerprint density at radius 2 is 1.66 bits per heavy atom. The molecule has 1 unspecified atom stereocenters. The van der Waals surface area contributed by atoms with Gasteiger partial charge in [0.25, 0.3) is 5.91 Å². The number of anilines is 1. The van der Waals surface area contributed by atoms with Gasteiger partial charge in [0.15, 0.2) is 0 Å². The van der Waals surface area contributed by atoms with Crippen LogP contribution in [0.25, 0.3) is 0 Å². The number of hydrogen-bond donors (Lipinski definition) is 2. The summed E-state index contributed by atoms with van der Waals surface area (Å²) in [5.41, 5.74) is 3.84. The van der Waals surface area contributed by atoms with Crippen LogP contribution in [-0.4, -0.2) is 35.7 Å². The zero-order valence-electron chi connectivity index (χ0n) is 19.6. The summed E-state index contributed by atoms with van der Waals surface area (Å²) in [6.07, 6.45) is 0.710. The standard InChI is InChI=1S/C28H28FN3O3/c1-19-6-8-21(9-7-19)17-30-28(35)24-4-2-3-5-25(24)31-27(34)22-16-26(33)32(18-22)15-14-20-10-12-23(29)13-11-20/h2-13,22H,14-18H2,1H3,(H,30,35)(H,31,34). The first-order valence-corrected chi connectivity index (χ1v) is 11.6. The van der Waals surface area contributed by atoms with Crippen molar-refractivity contribution in [3.05, 3.63) is 101 Å². The molecule has 0 bridgehead atoms. The van der Waals surface area contributed by atoms with E-state index in [9.17, 15) is 18.8 Å². The second kappa shape index (κ2) is 11.0. The van der Waals surface area contributed by atoms with Gasteiger partial charge in [-0.15, -0.1) is 0 Å². The lowest BCUT2D eigenvalue weighted by molar-refractivity contribution is -0.128. The highest BCUT2D eigenvalue weighted by Gasteiger charge is 2.34. The molecule has 3 amide bonds. The van der Waals surface area contributed by atoms with Gasteiger partial charge in [-0.05, 0) is 48.7 Å². The number of amides is 3. The summed E-state index contributed by atoms with van der Waals surface area (Å²) in [6, 6.07) is 20.9. The second-order valence-corrected chi connectivity index (χ2v) is 8.82. The van der Waals surface area contributed by atoms with Crippen molar-refractivity contribution >= 4 is 23.4 Å². The van der Waals surface area contributed by atoms with Crippen molar-refractivity contribution in [1.29, 1.82) is 0 Å². The van der Waals surface area contributed by atoms with Crippen molar-refractivity contribution in [2.45, 2.75) is 26.3 Å². The van der Waals surface area contributed by atoms with Gasteiger partial charge in [-0.1, -0.05) is 54.1 Å². The maximum absolute atomic E-state index is 13.1. The molecule has 1 aliphatic heterocycles. The molecule has 0 aromatic heterocycles. The average Bonchev–Trinajstić information content (AvgIpc) is 3.24. The molecule has 0 saturated carbocycles. The first-order chi connectivity index (χ1) is 16.9. The summed E-state index contributed by atoms with van der Waals surface area (Å²) in [5, 5.41) is 5.73. The molecule has 0 aliphatic carbocycles. The molecule has 1 atom stereocenters. The molecule has 0 spiro atoms. The molecule has 1 fully saturated rings. The zero-order chi connectivity index (χ0) is 24.8. The van der Waals surface area contributed by atoms with Gasteiger partial charge in [0.05, 0.1) is 17.2 Å². The lowest BCUT2D eigenvalue weighted by Crippen LogP contribution is -2.30. The van der Waals surface area contributed by atoms with Crippen molar-refractivity contribution in [2.24, 2.45) is 5.92 Å². The maximum atomic E-state index is 13.1. The van der Waals surface area contributed by atoms with Gasteiger partial charge in [0.2, 0.25) is 11.8 Å². The molecule has 6 nitrogen and oxygen atoms in total. The predicted octanol–water partition coefficient (Wildman–Crippen LogP) is 4.09. The fourth-order valence-corrected chi connectivity index (χ4v) is 4.09. The summed E-state index contributed by atoms with van der Waals surface area (Å²) >= 11 is 0. The monoisotopic (exact) mass is 473 g/mol. The number of para-hydroxylation sites is 1. The SMILES string of the molecule is Cc1ccc(CNC(=O)c2ccccc2NC(=O)C2CC(=O)N(CCc3ccc(F)cc3)C2)cc1. The molecule has 1 heterocycles. The summed E-state index contributed by atoms with van der Waals surface area (Å²) in [5.74, 6) is -1.46. The van der Waals surface area contributed by atoms with Gasteiger partial charge in [-0.25, -0.2) is 4.39 Å². The lowest BCUT2D eigenvalue weighted by Gasteiger charge is -2.17. The van der Waals surface area contributed by atoms with E-state index in [0.29, 0.717) is 37.3 Å². The quantitative estimate of drug-likeness (QED) is 0.517. The van der Waals surface area contributed by atoms with Crippen LogP contribution in [0.3, 0.4) is 0 Å². The molecule has 180 valence electrons. The third-order valence-corrected chi connectivity index (χ3v) is 6.17. The third-order valence-electron chi connectivity index (χ3n) is 6.17. The molecule has 3 aromatic carbocycles. The van der Waals surface area contributed by atoms with Crippen molar-refractivity contribution in [3.63, 3.8) is 0 Å². The Morgan fingerprint density at radius 3 is 2.40 bits per heavy atom. The first-order valence-electron chi connectivity index (χ1n) is 11.6. The first kappa shape index (κ1) is 24.1. The van der Waals surface area contributed by atoms with Crippen LogP contribution in [0, 0.1) is 18.7 Å². The van der Waals surface area contributed by atoms with Crippen LogP contribution in [0.5, 0.6) is 0 Å². The van der Waals surface area contributed by atoms with Crippen LogP contribution in [0.2, 0.25) is 0 Å². The largest absolute Gasteiger partial charge is 0.348 e. The van der Waals surface area contributed by atoms with E-state index >= 15 is 0 Å². The van der Waals surface area contributed by atoms with Gasteiger partial charge < -0.3 is 15.5 Å². The highest BCUT2D eigenvalue weighted by molar-refractivity contribution is 6.05. The molecule has 4 rings (SSSR count). The topological polar surface area (TPSA) is 78.5 Å². The van der Waals surface area contributed by atoms with Gasteiger partial charge in [-0.2, -0.15) is 0 Å². The number of aryl methyl sites for hydroxylation is 1. The Morgan fingerprint density at radius 1 is 0.971 bits per heavy atom. The Labute approximate surface area is 204 Å². The van der Waals surface area contributed by atoms with Crippen LogP contribution < -0.4 is 10.6 Å². The lowest BCUT2D eigenvalue weighted by atomic mass is 10.1. The Hall–Kier alpha value is -4.00. The van der Waals surface area contributed by atoms with Crippen LogP contribution in [0.4, 0.5) is 10.1 Å². The number of carbonyl (C=O) groups excluding carboxylic acids is 3. The minimum Gasteiger partial charge on any atom is -0.348 e. The zero-order valence-corrected chi connectivity index (χ0v) is 19.6. The van der Waals surface area contributed by atoms with Crippen molar-refractivity contribution < 1.29 is 18.8 Å². The molecular weight excluding hydrogens is 445 g/mol. The van der Waals surface area contributed by atoms with Crippen LogP contribution in [0.1, 0.15) is 33.5 Å². The van der Waals surface area contributed by atoms with Gasteiger partial charge in [-0.3, -0.25) is 14.4 Å². The van der Waals surface area contributed by atoms with Crippen LogP contribution in [0.15, 0.2) is 72.8 Å². The van der Waals surface area contributed by atoms with E-state index in [2.05, 4.69) is 10.6 Å². The number of hydrogen-bond acceptors (Lipinski definition) is 3. The smallest absolute Gasteiger partial charge is 0.253 e. The Kier molecular flexibility index (Phi) is 7.55. The number of nitrogens with one attached hydrogen (secondary N) is 2. The van der Waals surface area contributed by atoms with Gasteiger partial charge >= 0.3 is 0 Å². The number of benzene rings is 3. The molecule has 1 saturated heterocycles. The average molecular weight is 474 g/mol. The van der Waals surface area contributed by atoms with Crippen LogP contribution in [-0.2, 0) is 22.6 Å². The van der Waals surface area contributed by atoms with E-state index in [1.54, 1.807) is 41.3 Å². The van der Waals surface area contributed by atoms with E-state index in [4.69, 9.17) is 0 Å². The van der Waals surface area contributed by atoms with E-state index in [-0.39, 0.29) is 30.0 Å². The normalized spacial score (nSPS) is 15.2. The minimum atomic E-state index is -0.501. The number of likely N-dealkylation sites (tertiary alicyclic amines) is 1. The van der Waals surface area contributed by atoms with E-state index in [1.807, 2.05) is 31.2 Å². The summed E-state index contributed by atoms with van der Waals surface area (Å²) in [4.78, 5) is 39.9. The Balaban J connectivity index is 1.33. The van der Waals surface area contributed by atoms with Crippen LogP contribution >= 0.6 is 0 Å². The molecule has 2 N–H and O–H groups in total. The molecule has 35 heavy (non-hydrogen) atoms. The molecular formula is C28H28FN3O3. The number of nitrogens with zero attached hydrogens (tertiary/aromatic N) is 1. The number of halogens is 1. The minimum absolute atomic E-state index is 0.0867. The Bertz CT molecular complexity index is 1210. The number of carbonyl (C=O) groups is 3. The highest BCUT2D eigenvalue weighted by atomic mass is 19.1. The molecule has 7 heteroatoms. The van der Waals surface area contributed by atoms with Crippen molar-refractivity contribution in [3.8, 4) is 0 Å². The summed E-state index contributed by atoms with van der Waals surface area (Å²) < 4.78 is 13.1. The number of rotatable bonds is 8. The second-order valence-electron chi connectivity index (χ2n) is 8.82. The molecule has 1 aliphatic rings.